The Balaban J connectivity index is 2.38. The number of imide groups is 2. The van der Waals surface area contributed by atoms with E-state index in [9.17, 15) is 14.4 Å². The highest BCUT2D eigenvalue weighted by molar-refractivity contribution is 6.53. The molecule has 16 heavy (non-hydrogen) atoms. The molecule has 1 saturated heterocycles. The number of nitriles is 1. The van der Waals surface area contributed by atoms with Crippen LogP contribution in [0.15, 0.2) is 24.3 Å². The lowest BCUT2D eigenvalue weighted by Gasteiger charge is -2.10. The van der Waals surface area contributed by atoms with Gasteiger partial charge in [0.1, 0.15) is 0 Å². The fourth-order valence-corrected chi connectivity index (χ4v) is 1.32. The lowest BCUT2D eigenvalue weighted by molar-refractivity contribution is -0.134. The molecule has 1 aromatic carbocycles. The van der Waals surface area contributed by atoms with Crippen molar-refractivity contribution >= 4 is 23.5 Å². The van der Waals surface area contributed by atoms with Crippen molar-refractivity contribution in [2.24, 2.45) is 0 Å². The number of anilines is 1. The molecule has 0 aliphatic carbocycles. The molecule has 1 aliphatic heterocycles. The molecule has 0 bridgehead atoms. The minimum Gasteiger partial charge on any atom is -0.269 e. The number of urea groups is 1. The number of carbonyl (C=O) groups is 3. The van der Waals surface area contributed by atoms with Crippen LogP contribution in [0.2, 0.25) is 0 Å². The molecule has 0 radical (unpaired) electrons. The van der Waals surface area contributed by atoms with Gasteiger partial charge < -0.3 is 0 Å². The van der Waals surface area contributed by atoms with Gasteiger partial charge in [0.05, 0.1) is 17.3 Å². The zero-order valence-electron chi connectivity index (χ0n) is 7.93. The van der Waals surface area contributed by atoms with E-state index in [0.717, 1.165) is 4.90 Å². The lowest BCUT2D eigenvalue weighted by Crippen LogP contribution is -2.30. The molecule has 1 heterocycles. The SMILES string of the molecule is N#Cc1ccc(N2C(=O)NC(=O)C2=O)cc1. The predicted molar refractivity (Wildman–Crippen MR) is 52.2 cm³/mol. The third kappa shape index (κ3) is 1.40. The van der Waals surface area contributed by atoms with Crippen LogP contribution in [0.1, 0.15) is 5.56 Å². The average molecular weight is 215 g/mol. The number of nitrogens with one attached hydrogen (secondary N) is 1. The fraction of sp³-hybridized carbons (Fsp3) is 0. The highest BCUT2D eigenvalue weighted by Crippen LogP contribution is 2.17. The minimum atomic E-state index is -0.950. The number of nitrogens with zero attached hydrogens (tertiary/aromatic N) is 2. The van der Waals surface area contributed by atoms with E-state index < -0.39 is 17.8 Å². The van der Waals surface area contributed by atoms with Gasteiger partial charge >= 0.3 is 17.8 Å². The molecule has 0 spiro atoms. The maximum atomic E-state index is 11.3. The van der Waals surface area contributed by atoms with E-state index in [4.69, 9.17) is 5.26 Å². The van der Waals surface area contributed by atoms with Crippen molar-refractivity contribution in [2.45, 2.75) is 0 Å². The van der Waals surface area contributed by atoms with E-state index >= 15 is 0 Å². The van der Waals surface area contributed by atoms with Gasteiger partial charge in [-0.25, -0.2) is 9.69 Å². The number of carbonyl (C=O) groups excluding carboxylic acids is 3. The molecule has 6 heteroatoms. The van der Waals surface area contributed by atoms with E-state index in [2.05, 4.69) is 0 Å². The summed E-state index contributed by atoms with van der Waals surface area (Å²) in [6, 6.07) is 6.89. The maximum absolute atomic E-state index is 11.3. The number of benzene rings is 1. The van der Waals surface area contributed by atoms with Crippen LogP contribution in [-0.2, 0) is 9.59 Å². The molecule has 0 aromatic heterocycles. The Bertz CT molecular complexity index is 527. The summed E-state index contributed by atoms with van der Waals surface area (Å²) in [6.07, 6.45) is 0. The molecule has 0 saturated carbocycles. The number of amides is 4. The zero-order valence-corrected chi connectivity index (χ0v) is 7.93. The smallest absolute Gasteiger partial charge is 0.269 e. The molecular formula is C10H5N3O3. The van der Waals surface area contributed by atoms with Gasteiger partial charge in [0.15, 0.2) is 0 Å². The number of rotatable bonds is 1. The van der Waals surface area contributed by atoms with Gasteiger partial charge in [-0.3, -0.25) is 14.9 Å². The van der Waals surface area contributed by atoms with E-state index in [-0.39, 0.29) is 5.69 Å². The molecule has 4 amide bonds. The Labute approximate surface area is 90.1 Å². The minimum absolute atomic E-state index is 0.257. The topological polar surface area (TPSA) is 90.3 Å². The highest BCUT2D eigenvalue weighted by atomic mass is 16.2. The maximum Gasteiger partial charge on any atom is 0.336 e. The fourth-order valence-electron chi connectivity index (χ4n) is 1.32. The van der Waals surface area contributed by atoms with Crippen molar-refractivity contribution in [3.63, 3.8) is 0 Å². The van der Waals surface area contributed by atoms with E-state index in [1.54, 1.807) is 0 Å². The molecule has 78 valence electrons. The van der Waals surface area contributed by atoms with Crippen molar-refractivity contribution in [3.05, 3.63) is 29.8 Å². The molecule has 1 aromatic rings. The van der Waals surface area contributed by atoms with Crippen molar-refractivity contribution in [1.82, 2.24) is 5.32 Å². The molecule has 0 atom stereocenters. The first kappa shape index (κ1) is 9.86. The second-order valence-electron chi connectivity index (χ2n) is 3.06. The third-order valence-corrected chi connectivity index (χ3v) is 2.08. The predicted octanol–water partition coefficient (Wildman–Crippen LogP) is 0.141. The van der Waals surface area contributed by atoms with Gasteiger partial charge in [-0.2, -0.15) is 5.26 Å². The molecular weight excluding hydrogens is 210 g/mol. The number of hydrogen-bond acceptors (Lipinski definition) is 4. The van der Waals surface area contributed by atoms with Gasteiger partial charge in [0.25, 0.3) is 0 Å². The van der Waals surface area contributed by atoms with Crippen molar-refractivity contribution in [3.8, 4) is 6.07 Å². The largest absolute Gasteiger partial charge is 0.336 e. The van der Waals surface area contributed by atoms with Crippen molar-refractivity contribution in [1.29, 1.82) is 5.26 Å². The van der Waals surface area contributed by atoms with Gasteiger partial charge in [-0.15, -0.1) is 0 Å². The summed E-state index contributed by atoms with van der Waals surface area (Å²) in [6.45, 7) is 0. The first-order chi connectivity index (χ1) is 7.63. The molecule has 6 nitrogen and oxygen atoms in total. The summed E-state index contributed by atoms with van der Waals surface area (Å²) in [4.78, 5) is 34.2. The van der Waals surface area contributed by atoms with E-state index in [1.807, 2.05) is 11.4 Å². The Kier molecular flexibility index (Phi) is 2.14. The Morgan fingerprint density at radius 2 is 1.75 bits per heavy atom. The zero-order chi connectivity index (χ0) is 11.7. The Morgan fingerprint density at radius 3 is 2.19 bits per heavy atom. The first-order valence-corrected chi connectivity index (χ1v) is 4.33. The summed E-state index contributed by atoms with van der Waals surface area (Å²) < 4.78 is 0. The molecule has 0 unspecified atom stereocenters. The van der Waals surface area contributed by atoms with Crippen LogP contribution < -0.4 is 10.2 Å². The lowest BCUT2D eigenvalue weighted by atomic mass is 10.2. The summed E-state index contributed by atoms with van der Waals surface area (Å²) in [5, 5.41) is 10.5. The summed E-state index contributed by atoms with van der Waals surface area (Å²) in [7, 11) is 0. The van der Waals surface area contributed by atoms with Crippen molar-refractivity contribution < 1.29 is 14.4 Å². The number of hydrogen-bond donors (Lipinski definition) is 1. The van der Waals surface area contributed by atoms with Crippen LogP contribution in [0.5, 0.6) is 0 Å². The van der Waals surface area contributed by atoms with Crippen LogP contribution >= 0.6 is 0 Å². The molecule has 2 rings (SSSR count). The molecule has 1 fully saturated rings. The normalized spacial score (nSPS) is 14.9. The van der Waals surface area contributed by atoms with Crippen LogP contribution in [0.25, 0.3) is 0 Å². The van der Waals surface area contributed by atoms with E-state index in [1.165, 1.54) is 24.3 Å². The second kappa shape index (κ2) is 3.47. The Morgan fingerprint density at radius 1 is 1.12 bits per heavy atom. The molecule has 1 N–H and O–H groups in total. The highest BCUT2D eigenvalue weighted by Gasteiger charge is 2.37. The van der Waals surface area contributed by atoms with Crippen LogP contribution in [0.4, 0.5) is 10.5 Å². The quantitative estimate of drug-likeness (QED) is 0.533. The van der Waals surface area contributed by atoms with Crippen LogP contribution in [0, 0.1) is 11.3 Å². The summed E-state index contributed by atoms with van der Waals surface area (Å²) in [5.41, 5.74) is 0.662. The van der Waals surface area contributed by atoms with Gasteiger partial charge in [0.2, 0.25) is 0 Å². The molecule has 1 aliphatic rings. The Hall–Kier alpha value is -2.68. The van der Waals surface area contributed by atoms with Gasteiger partial charge in [-0.05, 0) is 24.3 Å². The van der Waals surface area contributed by atoms with Crippen LogP contribution in [-0.4, -0.2) is 17.8 Å². The van der Waals surface area contributed by atoms with Crippen LogP contribution in [0.3, 0.4) is 0 Å². The summed E-state index contributed by atoms with van der Waals surface area (Å²) >= 11 is 0. The summed E-state index contributed by atoms with van der Waals surface area (Å²) in [5.74, 6) is -1.87. The monoisotopic (exact) mass is 215 g/mol. The standard InChI is InChI=1S/C10H5N3O3/c11-5-6-1-3-7(4-2-6)13-9(15)8(14)12-10(13)16/h1-4H,(H,12,14,16). The van der Waals surface area contributed by atoms with Gasteiger partial charge in [0, 0.05) is 0 Å². The first-order valence-electron chi connectivity index (χ1n) is 4.33. The van der Waals surface area contributed by atoms with Gasteiger partial charge in [-0.1, -0.05) is 0 Å². The third-order valence-electron chi connectivity index (χ3n) is 2.08. The average Bonchev–Trinajstić information content (AvgIpc) is 2.54. The second-order valence-corrected chi connectivity index (χ2v) is 3.06. The van der Waals surface area contributed by atoms with Crippen molar-refractivity contribution in [2.75, 3.05) is 4.90 Å². The van der Waals surface area contributed by atoms with E-state index in [0.29, 0.717) is 5.56 Å².